The standard InChI is InChI=1S/C21H26ClN5O.HI/c1-23-21(25-13-12-24-20(28)18-9-5-6-10-19(18)22)26-16-11-14-27(15-16)17-7-3-2-4-8-17;/h2-10,16H,11-15H2,1H3,(H,24,28)(H2,23,25,26);1H. The molecule has 0 aromatic heterocycles. The van der Waals surface area contributed by atoms with E-state index in [1.807, 2.05) is 6.07 Å². The van der Waals surface area contributed by atoms with Crippen LogP contribution in [0, 0.1) is 0 Å². The highest BCUT2D eigenvalue weighted by Gasteiger charge is 2.23. The van der Waals surface area contributed by atoms with Crippen molar-refractivity contribution in [3.05, 3.63) is 65.2 Å². The first kappa shape index (κ1) is 23.3. The molecule has 156 valence electrons. The maximum atomic E-state index is 12.2. The van der Waals surface area contributed by atoms with E-state index in [9.17, 15) is 4.79 Å². The topological polar surface area (TPSA) is 68.8 Å². The van der Waals surface area contributed by atoms with Crippen LogP contribution in [0.2, 0.25) is 5.02 Å². The van der Waals surface area contributed by atoms with Gasteiger partial charge in [0.1, 0.15) is 0 Å². The van der Waals surface area contributed by atoms with Gasteiger partial charge in [0.2, 0.25) is 0 Å². The van der Waals surface area contributed by atoms with Gasteiger partial charge in [0.25, 0.3) is 5.91 Å². The lowest BCUT2D eigenvalue weighted by atomic mass is 10.2. The summed E-state index contributed by atoms with van der Waals surface area (Å²) in [5.41, 5.74) is 1.73. The summed E-state index contributed by atoms with van der Waals surface area (Å²) >= 11 is 6.05. The highest BCUT2D eigenvalue weighted by molar-refractivity contribution is 14.0. The lowest BCUT2D eigenvalue weighted by Crippen LogP contribution is -2.46. The fraction of sp³-hybridized carbons (Fsp3) is 0.333. The molecule has 8 heteroatoms. The van der Waals surface area contributed by atoms with Crippen molar-refractivity contribution in [3.63, 3.8) is 0 Å². The summed E-state index contributed by atoms with van der Waals surface area (Å²) in [6.07, 6.45) is 1.05. The van der Waals surface area contributed by atoms with Gasteiger partial charge in [0, 0.05) is 45.0 Å². The Hall–Kier alpha value is -2.00. The molecule has 0 spiro atoms. The van der Waals surface area contributed by atoms with Crippen molar-refractivity contribution >= 4 is 53.1 Å². The normalized spacial score (nSPS) is 16.1. The van der Waals surface area contributed by atoms with Crippen LogP contribution < -0.4 is 20.9 Å². The number of nitrogens with zero attached hydrogens (tertiary/aromatic N) is 2. The van der Waals surface area contributed by atoms with E-state index < -0.39 is 0 Å². The average molecular weight is 528 g/mol. The molecule has 1 aliphatic rings. The van der Waals surface area contributed by atoms with E-state index in [0.29, 0.717) is 29.7 Å². The van der Waals surface area contributed by atoms with Crippen LogP contribution in [-0.2, 0) is 0 Å². The fourth-order valence-corrected chi connectivity index (χ4v) is 3.46. The third-order valence-electron chi connectivity index (χ3n) is 4.70. The molecule has 29 heavy (non-hydrogen) atoms. The number of para-hydroxylation sites is 1. The van der Waals surface area contributed by atoms with Gasteiger partial charge in [-0.3, -0.25) is 9.79 Å². The average Bonchev–Trinajstić information content (AvgIpc) is 3.19. The third kappa shape index (κ3) is 6.78. The molecular formula is C21H27ClIN5O. The molecule has 1 atom stereocenters. The molecule has 0 radical (unpaired) electrons. The molecule has 1 heterocycles. The summed E-state index contributed by atoms with van der Waals surface area (Å²) in [5, 5.41) is 10.0. The maximum Gasteiger partial charge on any atom is 0.252 e. The first-order chi connectivity index (χ1) is 13.7. The summed E-state index contributed by atoms with van der Waals surface area (Å²) < 4.78 is 0. The van der Waals surface area contributed by atoms with E-state index in [1.165, 1.54) is 5.69 Å². The van der Waals surface area contributed by atoms with E-state index in [-0.39, 0.29) is 29.9 Å². The molecule has 1 aliphatic heterocycles. The van der Waals surface area contributed by atoms with Gasteiger partial charge in [-0.1, -0.05) is 41.9 Å². The Morgan fingerprint density at radius 1 is 1.10 bits per heavy atom. The maximum absolute atomic E-state index is 12.2. The van der Waals surface area contributed by atoms with Crippen LogP contribution in [0.5, 0.6) is 0 Å². The minimum absolute atomic E-state index is 0. The van der Waals surface area contributed by atoms with Crippen molar-refractivity contribution < 1.29 is 4.79 Å². The number of carbonyl (C=O) groups is 1. The summed E-state index contributed by atoms with van der Waals surface area (Å²) in [4.78, 5) is 18.8. The highest BCUT2D eigenvalue weighted by Crippen LogP contribution is 2.19. The Kier molecular flexibility index (Phi) is 9.53. The zero-order valence-corrected chi connectivity index (χ0v) is 19.5. The first-order valence-electron chi connectivity index (χ1n) is 9.47. The molecule has 1 amide bonds. The highest BCUT2D eigenvalue weighted by atomic mass is 127. The number of carbonyl (C=O) groups excluding carboxylic acids is 1. The van der Waals surface area contributed by atoms with Crippen molar-refractivity contribution in [2.75, 3.05) is 38.1 Å². The quantitative estimate of drug-likeness (QED) is 0.234. The zero-order valence-electron chi connectivity index (χ0n) is 16.4. The number of hydrogen-bond donors (Lipinski definition) is 3. The third-order valence-corrected chi connectivity index (χ3v) is 5.03. The zero-order chi connectivity index (χ0) is 19.8. The van der Waals surface area contributed by atoms with Crippen LogP contribution in [0.25, 0.3) is 0 Å². The number of rotatable bonds is 6. The molecular weight excluding hydrogens is 501 g/mol. The van der Waals surface area contributed by atoms with Gasteiger partial charge in [-0.15, -0.1) is 24.0 Å². The molecule has 2 aromatic rings. The number of nitrogens with one attached hydrogen (secondary N) is 3. The Balaban J connectivity index is 0.00000300. The van der Waals surface area contributed by atoms with Gasteiger partial charge in [-0.05, 0) is 30.7 Å². The Morgan fingerprint density at radius 2 is 1.79 bits per heavy atom. The minimum Gasteiger partial charge on any atom is -0.369 e. The lowest BCUT2D eigenvalue weighted by molar-refractivity contribution is 0.0954. The molecule has 6 nitrogen and oxygen atoms in total. The van der Waals surface area contributed by atoms with E-state index in [0.717, 1.165) is 25.5 Å². The molecule has 1 saturated heterocycles. The van der Waals surface area contributed by atoms with E-state index >= 15 is 0 Å². The number of aliphatic imine (C=N–C) groups is 1. The van der Waals surface area contributed by atoms with Crippen LogP contribution in [0.15, 0.2) is 59.6 Å². The molecule has 1 unspecified atom stereocenters. The number of guanidine groups is 1. The smallest absolute Gasteiger partial charge is 0.252 e. The largest absolute Gasteiger partial charge is 0.369 e. The van der Waals surface area contributed by atoms with Crippen LogP contribution >= 0.6 is 35.6 Å². The summed E-state index contributed by atoms with van der Waals surface area (Å²) in [7, 11) is 1.75. The van der Waals surface area contributed by atoms with E-state index in [1.54, 1.807) is 31.3 Å². The number of hydrogen-bond acceptors (Lipinski definition) is 3. The Morgan fingerprint density at radius 3 is 2.52 bits per heavy atom. The van der Waals surface area contributed by atoms with Gasteiger partial charge < -0.3 is 20.9 Å². The minimum atomic E-state index is -0.176. The second-order valence-corrected chi connectivity index (χ2v) is 7.05. The monoisotopic (exact) mass is 527 g/mol. The lowest BCUT2D eigenvalue weighted by Gasteiger charge is -2.20. The molecule has 0 aliphatic carbocycles. The van der Waals surface area contributed by atoms with Crippen molar-refractivity contribution in [3.8, 4) is 0 Å². The van der Waals surface area contributed by atoms with Gasteiger partial charge in [-0.25, -0.2) is 0 Å². The molecule has 0 saturated carbocycles. The fourth-order valence-electron chi connectivity index (χ4n) is 3.24. The number of benzene rings is 2. The van der Waals surface area contributed by atoms with E-state index in [4.69, 9.17) is 11.6 Å². The summed E-state index contributed by atoms with van der Waals surface area (Å²) in [6.45, 7) is 3.01. The molecule has 3 rings (SSSR count). The van der Waals surface area contributed by atoms with Gasteiger partial charge in [0.15, 0.2) is 5.96 Å². The van der Waals surface area contributed by atoms with Gasteiger partial charge in [-0.2, -0.15) is 0 Å². The predicted molar refractivity (Wildman–Crippen MR) is 131 cm³/mol. The Labute approximate surface area is 194 Å². The van der Waals surface area contributed by atoms with Gasteiger partial charge in [0.05, 0.1) is 10.6 Å². The number of amides is 1. The van der Waals surface area contributed by atoms with Crippen LogP contribution in [0.1, 0.15) is 16.8 Å². The van der Waals surface area contributed by atoms with E-state index in [2.05, 4.69) is 50.1 Å². The van der Waals surface area contributed by atoms with Crippen LogP contribution in [0.4, 0.5) is 5.69 Å². The van der Waals surface area contributed by atoms with Crippen LogP contribution in [0.3, 0.4) is 0 Å². The summed E-state index contributed by atoms with van der Waals surface area (Å²) in [6, 6.07) is 17.8. The number of halogens is 2. The van der Waals surface area contributed by atoms with Crippen molar-refractivity contribution in [1.82, 2.24) is 16.0 Å². The van der Waals surface area contributed by atoms with Gasteiger partial charge >= 0.3 is 0 Å². The van der Waals surface area contributed by atoms with Crippen molar-refractivity contribution in [2.24, 2.45) is 4.99 Å². The molecule has 1 fully saturated rings. The van der Waals surface area contributed by atoms with Crippen molar-refractivity contribution in [1.29, 1.82) is 0 Å². The summed E-state index contributed by atoms with van der Waals surface area (Å²) in [5.74, 6) is 0.566. The SMILES string of the molecule is CN=C(NCCNC(=O)c1ccccc1Cl)NC1CCN(c2ccccc2)C1.I. The predicted octanol–water partition coefficient (Wildman–Crippen LogP) is 3.13. The molecule has 3 N–H and O–H groups in total. The Bertz CT molecular complexity index is 818. The second-order valence-electron chi connectivity index (χ2n) is 6.65. The number of anilines is 1. The molecule has 2 aromatic carbocycles. The second kappa shape index (κ2) is 11.9. The molecule has 0 bridgehead atoms. The van der Waals surface area contributed by atoms with Crippen molar-refractivity contribution in [2.45, 2.75) is 12.5 Å². The van der Waals surface area contributed by atoms with Crippen LogP contribution in [-0.4, -0.2) is 51.1 Å². The first-order valence-corrected chi connectivity index (χ1v) is 9.85.